The molecule has 4 nitrogen and oxygen atoms in total. The second-order valence-corrected chi connectivity index (χ2v) is 5.31. The molecule has 1 saturated heterocycles. The number of rotatable bonds is 3. The highest BCUT2D eigenvalue weighted by atomic mass is 16.2. The lowest BCUT2D eigenvalue weighted by Crippen LogP contribution is -2.25. The maximum atomic E-state index is 11.7. The third kappa shape index (κ3) is 5.21. The highest BCUT2D eigenvalue weighted by Gasteiger charge is 2.38. The van der Waals surface area contributed by atoms with Gasteiger partial charge in [0.25, 0.3) is 0 Å². The predicted octanol–water partition coefficient (Wildman–Crippen LogP) is 2.33. The van der Waals surface area contributed by atoms with Crippen LogP contribution in [0.2, 0.25) is 0 Å². The lowest BCUT2D eigenvalue weighted by atomic mass is 9.81. The third-order valence-electron chi connectivity index (χ3n) is 2.95. The molecule has 1 aliphatic rings. The van der Waals surface area contributed by atoms with Gasteiger partial charge in [0, 0.05) is 18.2 Å². The molecule has 1 amide bonds. The molecule has 1 heterocycles. The molecule has 20 heavy (non-hydrogen) atoms. The summed E-state index contributed by atoms with van der Waals surface area (Å²) in [7, 11) is 0. The van der Waals surface area contributed by atoms with E-state index in [1.54, 1.807) is 0 Å². The van der Waals surface area contributed by atoms with E-state index in [0.717, 1.165) is 11.1 Å². The van der Waals surface area contributed by atoms with E-state index in [1.165, 1.54) is 12.0 Å². The maximum absolute atomic E-state index is 11.7. The van der Waals surface area contributed by atoms with Crippen LogP contribution >= 0.6 is 0 Å². The second kappa shape index (κ2) is 9.37. The van der Waals surface area contributed by atoms with Crippen LogP contribution in [0.3, 0.4) is 0 Å². The molecule has 0 aromatic rings. The Morgan fingerprint density at radius 3 is 2.05 bits per heavy atom. The third-order valence-corrected chi connectivity index (χ3v) is 2.95. The molecule has 1 rings (SSSR count). The minimum atomic E-state index is -0.318. The molecule has 0 spiro atoms. The van der Waals surface area contributed by atoms with E-state index in [9.17, 15) is 4.79 Å². The molecule has 1 aliphatic heterocycles. The van der Waals surface area contributed by atoms with Gasteiger partial charge in [-0.1, -0.05) is 44.6 Å². The van der Waals surface area contributed by atoms with Crippen molar-refractivity contribution in [1.82, 2.24) is 5.32 Å². The topological polar surface area (TPSA) is 86.6 Å². The molecule has 2 atom stereocenters. The summed E-state index contributed by atoms with van der Waals surface area (Å²) in [6, 6.07) is 0. The second-order valence-electron chi connectivity index (χ2n) is 5.31. The largest absolute Gasteiger partial charge is 0.412 e. The highest BCUT2D eigenvalue weighted by molar-refractivity contribution is 5.84. The van der Waals surface area contributed by atoms with Crippen LogP contribution in [0.25, 0.3) is 0 Å². The fourth-order valence-corrected chi connectivity index (χ4v) is 2.43. The maximum Gasteiger partial charge on any atom is 0.229 e. The molecular formula is C16H30N2O2. The van der Waals surface area contributed by atoms with Gasteiger partial charge in [-0.2, -0.15) is 0 Å². The van der Waals surface area contributed by atoms with Crippen LogP contribution in [0.5, 0.6) is 0 Å². The van der Waals surface area contributed by atoms with Gasteiger partial charge in [-0.25, -0.2) is 0 Å². The van der Waals surface area contributed by atoms with E-state index >= 15 is 0 Å². The summed E-state index contributed by atoms with van der Waals surface area (Å²) in [4.78, 5) is 11.7. The van der Waals surface area contributed by atoms with Gasteiger partial charge < -0.3 is 16.5 Å². The van der Waals surface area contributed by atoms with Crippen molar-refractivity contribution in [1.29, 1.82) is 0 Å². The molecule has 116 valence electrons. The fraction of sp³-hybridized carbons (Fsp3) is 0.562. The number of amides is 1. The zero-order valence-corrected chi connectivity index (χ0v) is 13.5. The number of hydrogen-bond donors (Lipinski definition) is 2. The zero-order valence-electron chi connectivity index (χ0n) is 13.5. The fourth-order valence-electron chi connectivity index (χ4n) is 2.43. The molecule has 0 aromatic heterocycles. The Morgan fingerprint density at radius 1 is 1.30 bits per heavy atom. The molecule has 0 saturated carbocycles. The molecule has 1 fully saturated rings. The number of allylic oxidation sites excluding steroid dienone is 2. The normalized spacial score (nSPS) is 19.9. The first-order chi connectivity index (χ1) is 8.77. The van der Waals surface area contributed by atoms with E-state index < -0.39 is 0 Å². The van der Waals surface area contributed by atoms with Crippen LogP contribution in [0.15, 0.2) is 35.6 Å². The van der Waals surface area contributed by atoms with Crippen LogP contribution < -0.4 is 11.1 Å². The highest BCUT2D eigenvalue weighted by Crippen LogP contribution is 2.33. The minimum absolute atomic E-state index is 0. The van der Waals surface area contributed by atoms with E-state index in [4.69, 9.17) is 5.73 Å². The monoisotopic (exact) mass is 282 g/mol. The van der Waals surface area contributed by atoms with Crippen molar-refractivity contribution in [2.24, 2.45) is 17.6 Å². The summed E-state index contributed by atoms with van der Waals surface area (Å²) >= 11 is 0. The molecule has 5 N–H and O–H groups in total. The average molecular weight is 282 g/mol. The van der Waals surface area contributed by atoms with E-state index in [1.807, 2.05) is 20.8 Å². The molecule has 0 aromatic carbocycles. The predicted molar refractivity (Wildman–Crippen MR) is 86.1 cm³/mol. The summed E-state index contributed by atoms with van der Waals surface area (Å²) in [6.07, 6.45) is 1.25. The molecule has 0 unspecified atom stereocenters. The first kappa shape index (κ1) is 20.8. The summed E-state index contributed by atoms with van der Waals surface area (Å²) < 4.78 is 0. The number of nitrogens with two attached hydrogens (primary N) is 1. The van der Waals surface area contributed by atoms with Crippen molar-refractivity contribution in [2.75, 3.05) is 6.54 Å². The van der Waals surface area contributed by atoms with Gasteiger partial charge in [-0.3, -0.25) is 4.79 Å². The van der Waals surface area contributed by atoms with Gasteiger partial charge in [0.05, 0.1) is 5.92 Å². The Bertz CT molecular complexity index is 393. The van der Waals surface area contributed by atoms with Crippen molar-refractivity contribution in [3.05, 3.63) is 35.6 Å². The van der Waals surface area contributed by atoms with Gasteiger partial charge in [-0.15, -0.1) is 0 Å². The summed E-state index contributed by atoms with van der Waals surface area (Å²) in [5.41, 5.74) is 9.45. The van der Waals surface area contributed by atoms with Gasteiger partial charge in [0.15, 0.2) is 0 Å². The Kier molecular flexibility index (Phi) is 9.73. The zero-order chi connectivity index (χ0) is 15.2. The van der Waals surface area contributed by atoms with Crippen molar-refractivity contribution in [3.8, 4) is 0 Å². The van der Waals surface area contributed by atoms with Gasteiger partial charge in [0.2, 0.25) is 5.91 Å². The van der Waals surface area contributed by atoms with Crippen LogP contribution in [0.4, 0.5) is 0 Å². The summed E-state index contributed by atoms with van der Waals surface area (Å²) in [5, 5.41) is 2.84. The number of carbonyl (C=O) groups excluding carboxylic acids is 1. The smallest absolute Gasteiger partial charge is 0.229 e. The molecule has 0 bridgehead atoms. The first-order valence-electron chi connectivity index (χ1n) is 6.83. The Hall–Kier alpha value is -1.55. The van der Waals surface area contributed by atoms with E-state index in [2.05, 4.69) is 32.3 Å². The van der Waals surface area contributed by atoms with Crippen LogP contribution in [0, 0.1) is 11.8 Å². The standard InChI is InChI=1S/C13H20N2O.C3H8.H2O/c1-7(2)11(8(3)4)10-6-15-13(16)12(10)9(5)14;1-3-2;/h10,12H,1,5-6,14H2,2-4H3,(H,15,16);3H2,1-2H3;1H2/t10-,12-;;/m1../s1. The average Bonchev–Trinajstić information content (AvgIpc) is 2.60. The SMILES string of the molecule is C=C(C)C(=C(C)C)[C@H]1CNC(=O)[C@@H]1C(=C)N.CCC.O. The van der Waals surface area contributed by atoms with Gasteiger partial charge >= 0.3 is 0 Å². The van der Waals surface area contributed by atoms with Gasteiger partial charge in [-0.05, 0) is 26.3 Å². The Labute approximate surface area is 123 Å². The van der Waals surface area contributed by atoms with E-state index in [0.29, 0.717) is 12.2 Å². The lowest BCUT2D eigenvalue weighted by Gasteiger charge is -2.22. The molecule has 0 aliphatic carbocycles. The number of hydrogen-bond acceptors (Lipinski definition) is 2. The van der Waals surface area contributed by atoms with E-state index in [-0.39, 0.29) is 23.2 Å². The molecular weight excluding hydrogens is 252 g/mol. The van der Waals surface area contributed by atoms with Crippen molar-refractivity contribution in [3.63, 3.8) is 0 Å². The Balaban J connectivity index is 0. The van der Waals surface area contributed by atoms with Crippen LogP contribution in [0.1, 0.15) is 41.0 Å². The summed E-state index contributed by atoms with van der Waals surface area (Å²) in [6.45, 7) is 18.6. The Morgan fingerprint density at radius 2 is 1.75 bits per heavy atom. The minimum Gasteiger partial charge on any atom is -0.412 e. The van der Waals surface area contributed by atoms with Crippen molar-refractivity contribution < 1.29 is 10.3 Å². The number of nitrogens with one attached hydrogen (secondary N) is 1. The lowest BCUT2D eigenvalue weighted by molar-refractivity contribution is -0.121. The molecule has 0 radical (unpaired) electrons. The number of carbonyl (C=O) groups is 1. The van der Waals surface area contributed by atoms with Crippen LogP contribution in [-0.4, -0.2) is 17.9 Å². The quantitative estimate of drug-likeness (QED) is 0.778. The van der Waals surface area contributed by atoms with Crippen molar-refractivity contribution in [2.45, 2.75) is 41.0 Å². The first-order valence-corrected chi connectivity index (χ1v) is 6.83. The van der Waals surface area contributed by atoms with Crippen LogP contribution in [-0.2, 0) is 4.79 Å². The molecule has 4 heteroatoms. The van der Waals surface area contributed by atoms with Crippen molar-refractivity contribution >= 4 is 5.91 Å². The summed E-state index contributed by atoms with van der Waals surface area (Å²) in [5.74, 6) is -0.272. The van der Waals surface area contributed by atoms with Gasteiger partial charge in [0.1, 0.15) is 0 Å².